The highest BCUT2D eigenvalue weighted by atomic mass is 35.5. The van der Waals surface area contributed by atoms with Crippen LogP contribution in [0.2, 0.25) is 5.28 Å². The molecule has 0 bridgehead atoms. The molecule has 126 valence electrons. The van der Waals surface area contributed by atoms with Crippen LogP contribution >= 0.6 is 11.6 Å². The van der Waals surface area contributed by atoms with Gasteiger partial charge in [-0.2, -0.15) is 15.0 Å². The largest absolute Gasteiger partial charge is 0.324 e. The first-order valence-corrected chi connectivity index (χ1v) is 7.65. The van der Waals surface area contributed by atoms with E-state index in [0.717, 1.165) is 11.3 Å². The maximum Gasteiger partial charge on any atom is 0.269 e. The van der Waals surface area contributed by atoms with E-state index >= 15 is 0 Å². The number of hydrogen-bond donors (Lipinski definition) is 2. The highest BCUT2D eigenvalue weighted by Gasteiger charge is 2.08. The number of nitrogens with one attached hydrogen (secondary N) is 2. The number of benzene rings is 2. The van der Waals surface area contributed by atoms with Gasteiger partial charge in [-0.3, -0.25) is 10.1 Å². The molecule has 0 aliphatic heterocycles. The third-order valence-corrected chi connectivity index (χ3v) is 3.50. The first-order valence-electron chi connectivity index (χ1n) is 7.27. The highest BCUT2D eigenvalue weighted by molar-refractivity contribution is 6.28. The fourth-order valence-corrected chi connectivity index (χ4v) is 2.25. The van der Waals surface area contributed by atoms with Gasteiger partial charge in [0.05, 0.1) is 4.92 Å². The SMILES string of the molecule is Cc1ccccc1Nc1nc(Cl)nc(Nc2ccc([N+](=O)[O-])cc2)n1. The van der Waals surface area contributed by atoms with Crippen molar-refractivity contribution in [3.63, 3.8) is 0 Å². The van der Waals surface area contributed by atoms with Gasteiger partial charge < -0.3 is 10.6 Å². The molecule has 0 radical (unpaired) electrons. The smallest absolute Gasteiger partial charge is 0.269 e. The average molecular weight is 357 g/mol. The van der Waals surface area contributed by atoms with Crippen molar-refractivity contribution >= 4 is 40.6 Å². The highest BCUT2D eigenvalue weighted by Crippen LogP contribution is 2.22. The summed E-state index contributed by atoms with van der Waals surface area (Å²) >= 11 is 5.96. The van der Waals surface area contributed by atoms with Gasteiger partial charge in [0.15, 0.2) is 0 Å². The molecule has 0 aliphatic carbocycles. The van der Waals surface area contributed by atoms with Gasteiger partial charge in [0.25, 0.3) is 5.69 Å². The molecule has 0 fully saturated rings. The van der Waals surface area contributed by atoms with E-state index in [1.54, 1.807) is 12.1 Å². The molecular weight excluding hydrogens is 344 g/mol. The zero-order valence-electron chi connectivity index (χ0n) is 13.1. The molecule has 2 aromatic carbocycles. The molecule has 2 N–H and O–H groups in total. The Morgan fingerprint density at radius 2 is 1.60 bits per heavy atom. The number of nitro groups is 1. The number of rotatable bonds is 5. The fraction of sp³-hybridized carbons (Fsp3) is 0.0625. The van der Waals surface area contributed by atoms with Crippen molar-refractivity contribution < 1.29 is 4.92 Å². The maximum absolute atomic E-state index is 10.7. The van der Waals surface area contributed by atoms with Crippen LogP contribution in [0.15, 0.2) is 48.5 Å². The minimum absolute atomic E-state index is 0.00105. The fourth-order valence-electron chi connectivity index (χ4n) is 2.09. The third kappa shape index (κ3) is 4.18. The summed E-state index contributed by atoms with van der Waals surface area (Å²) in [6, 6.07) is 13.6. The molecule has 0 spiro atoms. The summed E-state index contributed by atoms with van der Waals surface area (Å²) in [4.78, 5) is 22.5. The van der Waals surface area contributed by atoms with Crippen molar-refractivity contribution in [3.8, 4) is 0 Å². The van der Waals surface area contributed by atoms with Crippen LogP contribution in [-0.2, 0) is 0 Å². The Kier molecular flexibility index (Phi) is 4.71. The molecule has 1 heterocycles. The Morgan fingerprint density at radius 3 is 2.24 bits per heavy atom. The van der Waals surface area contributed by atoms with Crippen molar-refractivity contribution in [2.45, 2.75) is 6.92 Å². The second-order valence-corrected chi connectivity index (χ2v) is 5.46. The molecular formula is C16H13ClN6O2. The Bertz CT molecular complexity index is 917. The number of anilines is 4. The molecule has 8 nitrogen and oxygen atoms in total. The Labute approximate surface area is 148 Å². The second kappa shape index (κ2) is 7.10. The van der Waals surface area contributed by atoms with Crippen LogP contribution < -0.4 is 10.6 Å². The van der Waals surface area contributed by atoms with Crippen molar-refractivity contribution in [1.82, 2.24) is 15.0 Å². The molecule has 3 rings (SSSR count). The molecule has 0 atom stereocenters. The average Bonchev–Trinajstić information content (AvgIpc) is 2.57. The number of nitrogens with zero attached hydrogens (tertiary/aromatic N) is 4. The van der Waals surface area contributed by atoms with Crippen LogP contribution in [0.1, 0.15) is 5.56 Å². The Balaban J connectivity index is 1.81. The van der Waals surface area contributed by atoms with Crippen LogP contribution in [0.5, 0.6) is 0 Å². The van der Waals surface area contributed by atoms with E-state index < -0.39 is 4.92 Å². The Morgan fingerprint density at radius 1 is 0.960 bits per heavy atom. The Hall–Kier alpha value is -3.26. The normalized spacial score (nSPS) is 10.3. The molecule has 1 aromatic heterocycles. The van der Waals surface area contributed by atoms with E-state index in [4.69, 9.17) is 11.6 Å². The molecule has 25 heavy (non-hydrogen) atoms. The van der Waals surface area contributed by atoms with E-state index in [2.05, 4.69) is 25.6 Å². The number of hydrogen-bond acceptors (Lipinski definition) is 7. The number of aryl methyl sites for hydroxylation is 1. The van der Waals surface area contributed by atoms with Gasteiger partial charge in [-0.05, 0) is 42.3 Å². The van der Waals surface area contributed by atoms with Gasteiger partial charge in [-0.15, -0.1) is 0 Å². The summed E-state index contributed by atoms with van der Waals surface area (Å²) < 4.78 is 0. The van der Waals surface area contributed by atoms with Gasteiger partial charge in [-0.1, -0.05) is 18.2 Å². The summed E-state index contributed by atoms with van der Waals surface area (Å²) in [5, 5.41) is 16.7. The topological polar surface area (TPSA) is 106 Å². The van der Waals surface area contributed by atoms with Gasteiger partial charge in [0.2, 0.25) is 17.2 Å². The van der Waals surface area contributed by atoms with E-state index in [1.807, 2.05) is 31.2 Å². The number of aromatic nitrogens is 3. The zero-order chi connectivity index (χ0) is 17.8. The number of halogens is 1. The first kappa shape index (κ1) is 16.6. The monoisotopic (exact) mass is 356 g/mol. The van der Waals surface area contributed by atoms with Crippen LogP contribution in [0.3, 0.4) is 0 Å². The predicted octanol–water partition coefficient (Wildman–Crippen LogP) is 4.23. The summed E-state index contributed by atoms with van der Waals surface area (Å²) in [5.41, 5.74) is 2.48. The summed E-state index contributed by atoms with van der Waals surface area (Å²) in [5.74, 6) is 0.517. The number of non-ortho nitro benzene ring substituents is 1. The lowest BCUT2D eigenvalue weighted by molar-refractivity contribution is -0.384. The zero-order valence-corrected chi connectivity index (χ0v) is 13.9. The van der Waals surface area contributed by atoms with E-state index in [0.29, 0.717) is 11.6 Å². The quantitative estimate of drug-likeness (QED) is 0.520. The minimum Gasteiger partial charge on any atom is -0.324 e. The standard InChI is InChI=1S/C16H13ClN6O2/c1-10-4-2-3-5-13(10)19-16-21-14(17)20-15(22-16)18-11-6-8-12(9-7-11)23(24)25/h2-9H,1H3,(H2,18,19,20,21,22). The third-order valence-electron chi connectivity index (χ3n) is 3.33. The van der Waals surface area contributed by atoms with E-state index in [9.17, 15) is 10.1 Å². The number of para-hydroxylation sites is 1. The van der Waals surface area contributed by atoms with Gasteiger partial charge >= 0.3 is 0 Å². The lowest BCUT2D eigenvalue weighted by Crippen LogP contribution is -2.04. The lowest BCUT2D eigenvalue weighted by Gasteiger charge is -2.10. The molecule has 9 heteroatoms. The van der Waals surface area contributed by atoms with Crippen molar-refractivity contribution in [2.24, 2.45) is 0 Å². The summed E-state index contributed by atoms with van der Waals surface area (Å²) in [6.07, 6.45) is 0. The van der Waals surface area contributed by atoms with Crippen LogP contribution in [-0.4, -0.2) is 19.9 Å². The lowest BCUT2D eigenvalue weighted by atomic mass is 10.2. The molecule has 0 unspecified atom stereocenters. The van der Waals surface area contributed by atoms with Crippen LogP contribution in [0.4, 0.5) is 29.0 Å². The molecule has 0 saturated heterocycles. The maximum atomic E-state index is 10.7. The van der Waals surface area contributed by atoms with Gasteiger partial charge in [0, 0.05) is 23.5 Å². The van der Waals surface area contributed by atoms with Crippen LogP contribution in [0.25, 0.3) is 0 Å². The van der Waals surface area contributed by atoms with Gasteiger partial charge in [-0.25, -0.2) is 0 Å². The van der Waals surface area contributed by atoms with Crippen molar-refractivity contribution in [2.75, 3.05) is 10.6 Å². The molecule has 0 aliphatic rings. The van der Waals surface area contributed by atoms with Crippen molar-refractivity contribution in [3.05, 3.63) is 69.5 Å². The molecule has 0 amide bonds. The summed E-state index contributed by atoms with van der Waals surface area (Å²) in [7, 11) is 0. The van der Waals surface area contributed by atoms with E-state index in [1.165, 1.54) is 12.1 Å². The van der Waals surface area contributed by atoms with E-state index in [-0.39, 0.29) is 16.9 Å². The first-order chi connectivity index (χ1) is 12.0. The second-order valence-electron chi connectivity index (χ2n) is 5.12. The molecule has 0 saturated carbocycles. The summed E-state index contributed by atoms with van der Waals surface area (Å²) in [6.45, 7) is 1.96. The number of nitro benzene ring substituents is 1. The van der Waals surface area contributed by atoms with Crippen molar-refractivity contribution in [1.29, 1.82) is 0 Å². The van der Waals surface area contributed by atoms with Crippen LogP contribution in [0, 0.1) is 17.0 Å². The predicted molar refractivity (Wildman–Crippen MR) is 95.7 cm³/mol. The molecule has 3 aromatic rings. The minimum atomic E-state index is -0.464. The van der Waals surface area contributed by atoms with Gasteiger partial charge in [0.1, 0.15) is 0 Å².